The van der Waals surface area contributed by atoms with Crippen LogP contribution in [-0.4, -0.2) is 24.1 Å². The third-order valence-corrected chi connectivity index (χ3v) is 7.53. The van der Waals surface area contributed by atoms with Gasteiger partial charge in [0, 0.05) is 19.3 Å². The van der Waals surface area contributed by atoms with E-state index < -0.39 is 0 Å². The van der Waals surface area contributed by atoms with E-state index in [-0.39, 0.29) is 35.2 Å². The summed E-state index contributed by atoms with van der Waals surface area (Å²) in [6.07, 6.45) is 5.24. The first-order valence-corrected chi connectivity index (χ1v) is 10.0. The molecular weight excluding hydrogens is 344 g/mol. The molecule has 0 unspecified atom stereocenters. The fourth-order valence-corrected chi connectivity index (χ4v) is 6.54. The van der Waals surface area contributed by atoms with Crippen LogP contribution in [0.2, 0.25) is 0 Å². The van der Waals surface area contributed by atoms with Crippen LogP contribution in [-0.2, 0) is 31.1 Å². The van der Waals surface area contributed by atoms with Crippen LogP contribution in [0.25, 0.3) is 0 Å². The average Bonchev–Trinajstić information content (AvgIpc) is 3.20. The lowest BCUT2D eigenvalue weighted by atomic mass is 9.55. The molecule has 1 aromatic carbocycles. The Morgan fingerprint density at radius 3 is 2.67 bits per heavy atom. The van der Waals surface area contributed by atoms with Crippen LogP contribution in [0, 0.1) is 17.3 Å². The molecule has 144 valence electrons. The van der Waals surface area contributed by atoms with Crippen molar-refractivity contribution in [2.45, 2.75) is 70.7 Å². The first kappa shape index (κ1) is 17.2. The smallest absolute Gasteiger partial charge is 0.308 e. The lowest BCUT2D eigenvalue weighted by molar-refractivity contribution is -0.154. The lowest BCUT2D eigenvalue weighted by Gasteiger charge is -2.47. The van der Waals surface area contributed by atoms with Crippen LogP contribution in [0.1, 0.15) is 57.6 Å². The van der Waals surface area contributed by atoms with E-state index in [2.05, 4.69) is 13.0 Å². The van der Waals surface area contributed by atoms with Gasteiger partial charge in [-0.15, -0.1) is 0 Å². The Bertz CT molecular complexity index is 832. The van der Waals surface area contributed by atoms with Crippen LogP contribution in [0.5, 0.6) is 5.75 Å². The number of ether oxygens (including phenoxy) is 3. The number of epoxide rings is 1. The van der Waals surface area contributed by atoms with Crippen LogP contribution in [0.3, 0.4) is 0 Å². The van der Waals surface area contributed by atoms with Crippen LogP contribution in [0.15, 0.2) is 18.2 Å². The third-order valence-electron chi connectivity index (χ3n) is 7.53. The van der Waals surface area contributed by atoms with E-state index in [1.165, 1.54) is 25.0 Å². The standard InChI is InChI=1S/C22H26O5/c1-12(23)25-15-5-7-16-14(10-15)4-6-18-17-8-9-19(26-13(2)24)21(17,3)11-20-22(16,18)27-20/h5,7,10,17-20H,4,6,8-9,11H2,1-3H3/t17-,18-,19+,20-,21+,22+/m1/s1. The summed E-state index contributed by atoms with van der Waals surface area (Å²) in [4.78, 5) is 22.8. The van der Waals surface area contributed by atoms with Gasteiger partial charge in [0.15, 0.2) is 0 Å². The quantitative estimate of drug-likeness (QED) is 0.453. The second-order valence-electron chi connectivity index (χ2n) is 8.95. The van der Waals surface area contributed by atoms with Crippen LogP contribution in [0.4, 0.5) is 0 Å². The van der Waals surface area contributed by atoms with E-state index in [1.54, 1.807) is 0 Å². The van der Waals surface area contributed by atoms with Gasteiger partial charge in [0.1, 0.15) is 17.5 Å². The fourth-order valence-electron chi connectivity index (χ4n) is 6.54. The predicted molar refractivity (Wildman–Crippen MR) is 97.1 cm³/mol. The Kier molecular flexibility index (Phi) is 3.55. The predicted octanol–water partition coefficient (Wildman–Crippen LogP) is 3.52. The number of esters is 2. The van der Waals surface area contributed by atoms with Gasteiger partial charge < -0.3 is 14.2 Å². The van der Waals surface area contributed by atoms with Gasteiger partial charge in [-0.1, -0.05) is 13.0 Å². The molecule has 3 fully saturated rings. The number of hydrogen-bond donors (Lipinski definition) is 0. The lowest BCUT2D eigenvalue weighted by Crippen LogP contribution is -2.49. The van der Waals surface area contributed by atoms with Gasteiger partial charge in [-0.25, -0.2) is 0 Å². The van der Waals surface area contributed by atoms with Crippen molar-refractivity contribution in [2.75, 3.05) is 0 Å². The maximum absolute atomic E-state index is 11.6. The minimum absolute atomic E-state index is 0.00920. The van der Waals surface area contributed by atoms with Gasteiger partial charge in [0.05, 0.1) is 6.10 Å². The molecule has 1 heterocycles. The molecule has 0 amide bonds. The summed E-state index contributed by atoms with van der Waals surface area (Å²) in [7, 11) is 0. The molecular formula is C22H26O5. The minimum Gasteiger partial charge on any atom is -0.462 e. The van der Waals surface area contributed by atoms with Crippen molar-refractivity contribution < 1.29 is 23.8 Å². The first-order chi connectivity index (χ1) is 12.8. The highest BCUT2D eigenvalue weighted by Gasteiger charge is 2.74. The van der Waals surface area contributed by atoms with Crippen molar-refractivity contribution in [1.29, 1.82) is 0 Å². The Morgan fingerprint density at radius 1 is 1.11 bits per heavy atom. The van der Waals surface area contributed by atoms with Crippen LogP contribution < -0.4 is 4.74 Å². The summed E-state index contributed by atoms with van der Waals surface area (Å²) >= 11 is 0. The third kappa shape index (κ3) is 2.33. The molecule has 5 rings (SSSR count). The molecule has 27 heavy (non-hydrogen) atoms. The molecule has 0 bridgehead atoms. The van der Waals surface area contributed by atoms with Crippen molar-refractivity contribution in [3.63, 3.8) is 0 Å². The average molecular weight is 370 g/mol. The molecule has 5 heteroatoms. The van der Waals surface area contributed by atoms with E-state index >= 15 is 0 Å². The molecule has 1 saturated heterocycles. The molecule has 0 aromatic heterocycles. The topological polar surface area (TPSA) is 65.1 Å². The summed E-state index contributed by atoms with van der Waals surface area (Å²) in [5.41, 5.74) is 2.34. The van der Waals surface area contributed by atoms with Crippen molar-refractivity contribution >= 4 is 11.9 Å². The van der Waals surface area contributed by atoms with Gasteiger partial charge in [-0.2, -0.15) is 0 Å². The van der Waals surface area contributed by atoms with Crippen molar-refractivity contribution in [3.05, 3.63) is 29.3 Å². The normalized spacial score (nSPS) is 40.9. The first-order valence-electron chi connectivity index (χ1n) is 10.0. The number of carbonyl (C=O) groups is 2. The number of carbonyl (C=O) groups excluding carboxylic acids is 2. The molecule has 2 saturated carbocycles. The van der Waals surface area contributed by atoms with Gasteiger partial charge in [-0.3, -0.25) is 9.59 Å². The molecule has 1 aliphatic heterocycles. The van der Waals surface area contributed by atoms with E-state index in [4.69, 9.17) is 14.2 Å². The zero-order chi connectivity index (χ0) is 19.0. The summed E-state index contributed by atoms with van der Waals surface area (Å²) in [5.74, 6) is 1.13. The highest BCUT2D eigenvalue weighted by atomic mass is 16.6. The highest BCUT2D eigenvalue weighted by Crippen LogP contribution is 2.71. The van der Waals surface area contributed by atoms with E-state index in [9.17, 15) is 9.59 Å². The summed E-state index contributed by atoms with van der Waals surface area (Å²) in [5, 5.41) is 0. The molecule has 4 aliphatic rings. The summed E-state index contributed by atoms with van der Waals surface area (Å²) < 4.78 is 17.4. The van der Waals surface area contributed by atoms with E-state index in [0.717, 1.165) is 32.1 Å². The maximum atomic E-state index is 11.6. The number of benzene rings is 1. The number of fused-ring (bicyclic) bond motifs is 3. The van der Waals surface area contributed by atoms with Gasteiger partial charge in [-0.05, 0) is 67.2 Å². The fraction of sp³-hybridized carbons (Fsp3) is 0.636. The monoisotopic (exact) mass is 370 g/mol. The van der Waals surface area contributed by atoms with Gasteiger partial charge in [0.2, 0.25) is 0 Å². The Morgan fingerprint density at radius 2 is 1.93 bits per heavy atom. The van der Waals surface area contributed by atoms with Crippen molar-refractivity contribution in [2.24, 2.45) is 17.3 Å². The number of rotatable bonds is 2. The zero-order valence-corrected chi connectivity index (χ0v) is 16.1. The Balaban J connectivity index is 1.48. The second-order valence-corrected chi connectivity index (χ2v) is 8.95. The Hall–Kier alpha value is -1.88. The largest absolute Gasteiger partial charge is 0.462 e. The zero-order valence-electron chi connectivity index (χ0n) is 16.1. The molecule has 0 N–H and O–H groups in total. The maximum Gasteiger partial charge on any atom is 0.308 e. The van der Waals surface area contributed by atoms with Crippen LogP contribution >= 0.6 is 0 Å². The summed E-state index contributed by atoms with van der Waals surface area (Å²) in [6.45, 7) is 5.23. The minimum atomic E-state index is -0.293. The van der Waals surface area contributed by atoms with Crippen molar-refractivity contribution in [1.82, 2.24) is 0 Å². The van der Waals surface area contributed by atoms with Gasteiger partial charge in [0.25, 0.3) is 0 Å². The second kappa shape index (κ2) is 5.57. The number of hydrogen-bond acceptors (Lipinski definition) is 5. The SMILES string of the molecule is CC(=O)Oc1ccc2c(c1)CC[C@@H]1[C@H]3CC[C@H](OC(C)=O)[C@@]3(C)C[C@H]3O[C@@]213. The molecule has 6 atom stereocenters. The highest BCUT2D eigenvalue weighted by molar-refractivity contribution is 5.69. The Labute approximate surface area is 159 Å². The van der Waals surface area contributed by atoms with E-state index in [1.807, 2.05) is 12.1 Å². The summed E-state index contributed by atoms with van der Waals surface area (Å²) in [6, 6.07) is 5.99. The number of aryl methyl sites for hydroxylation is 1. The van der Waals surface area contributed by atoms with E-state index in [0.29, 0.717) is 17.6 Å². The van der Waals surface area contributed by atoms with Crippen molar-refractivity contribution in [3.8, 4) is 5.75 Å². The molecule has 3 aliphatic carbocycles. The molecule has 0 radical (unpaired) electrons. The van der Waals surface area contributed by atoms with Gasteiger partial charge >= 0.3 is 11.9 Å². The molecule has 1 spiro atoms. The molecule has 1 aromatic rings. The molecule has 5 nitrogen and oxygen atoms in total.